The first-order valence-corrected chi connectivity index (χ1v) is 7.34. The summed E-state index contributed by atoms with van der Waals surface area (Å²) in [4.78, 5) is 14.9. The van der Waals surface area contributed by atoms with Crippen molar-refractivity contribution in [1.82, 2.24) is 4.90 Å². The van der Waals surface area contributed by atoms with Crippen LogP contribution in [-0.2, 0) is 4.79 Å². The molecule has 112 valence electrons. The maximum absolute atomic E-state index is 13.5. The Morgan fingerprint density at radius 1 is 1.38 bits per heavy atom. The number of hydrogen-bond donors (Lipinski definition) is 1. The van der Waals surface area contributed by atoms with Gasteiger partial charge in [-0.1, -0.05) is 6.07 Å². The smallest absolute Gasteiger partial charge is 0.238 e. The molecular formula is C15H16F2N2OS. The highest BCUT2D eigenvalue weighted by molar-refractivity contribution is 7.10. The Bertz CT molecular complexity index is 616. The van der Waals surface area contributed by atoms with Gasteiger partial charge in [0, 0.05) is 17.0 Å². The monoisotopic (exact) mass is 310 g/mol. The molecule has 0 saturated heterocycles. The van der Waals surface area contributed by atoms with E-state index in [1.54, 1.807) is 11.3 Å². The quantitative estimate of drug-likeness (QED) is 0.914. The van der Waals surface area contributed by atoms with Crippen LogP contribution in [0.4, 0.5) is 14.5 Å². The molecule has 0 spiro atoms. The van der Waals surface area contributed by atoms with Crippen LogP contribution in [-0.4, -0.2) is 24.4 Å². The Balaban J connectivity index is 1.95. The molecule has 0 aliphatic heterocycles. The Morgan fingerprint density at radius 2 is 2.14 bits per heavy atom. The third-order valence-corrected chi connectivity index (χ3v) is 4.26. The maximum Gasteiger partial charge on any atom is 0.238 e. The summed E-state index contributed by atoms with van der Waals surface area (Å²) in [6, 6.07) is 7.12. The van der Waals surface area contributed by atoms with Crippen LogP contribution in [0.5, 0.6) is 0 Å². The van der Waals surface area contributed by atoms with Crippen molar-refractivity contribution in [2.24, 2.45) is 0 Å². The van der Waals surface area contributed by atoms with Gasteiger partial charge in [0.05, 0.1) is 12.2 Å². The van der Waals surface area contributed by atoms with E-state index in [1.165, 1.54) is 6.07 Å². The van der Waals surface area contributed by atoms with Crippen LogP contribution in [0.15, 0.2) is 35.7 Å². The summed E-state index contributed by atoms with van der Waals surface area (Å²) in [7, 11) is 1.82. The third kappa shape index (κ3) is 4.09. The van der Waals surface area contributed by atoms with E-state index in [0.717, 1.165) is 17.0 Å². The minimum Gasteiger partial charge on any atom is -0.322 e. The van der Waals surface area contributed by atoms with Gasteiger partial charge in [-0.25, -0.2) is 8.78 Å². The van der Waals surface area contributed by atoms with Crippen molar-refractivity contribution in [2.75, 3.05) is 18.9 Å². The van der Waals surface area contributed by atoms with E-state index in [9.17, 15) is 13.6 Å². The fourth-order valence-corrected chi connectivity index (χ4v) is 2.74. The van der Waals surface area contributed by atoms with Crippen molar-refractivity contribution in [2.45, 2.75) is 13.0 Å². The number of rotatable bonds is 5. The molecule has 6 heteroatoms. The van der Waals surface area contributed by atoms with Gasteiger partial charge in [0.15, 0.2) is 0 Å². The van der Waals surface area contributed by atoms with Gasteiger partial charge in [-0.15, -0.1) is 11.3 Å². The second-order valence-electron chi connectivity index (χ2n) is 4.78. The van der Waals surface area contributed by atoms with E-state index in [1.807, 2.05) is 36.4 Å². The number of halogens is 2. The van der Waals surface area contributed by atoms with Crippen LogP contribution in [0.3, 0.4) is 0 Å². The van der Waals surface area contributed by atoms with Crippen LogP contribution in [0.2, 0.25) is 0 Å². The molecule has 0 aliphatic rings. The summed E-state index contributed by atoms with van der Waals surface area (Å²) in [5, 5.41) is 4.43. The van der Waals surface area contributed by atoms with Gasteiger partial charge in [0.2, 0.25) is 5.91 Å². The zero-order chi connectivity index (χ0) is 15.4. The topological polar surface area (TPSA) is 32.3 Å². The number of carbonyl (C=O) groups is 1. The zero-order valence-electron chi connectivity index (χ0n) is 11.8. The Hall–Kier alpha value is -1.79. The van der Waals surface area contributed by atoms with Crippen molar-refractivity contribution >= 4 is 22.9 Å². The van der Waals surface area contributed by atoms with Gasteiger partial charge in [-0.3, -0.25) is 9.69 Å². The number of benzene rings is 1. The third-order valence-electron chi connectivity index (χ3n) is 3.21. The van der Waals surface area contributed by atoms with Crippen LogP contribution < -0.4 is 5.32 Å². The molecule has 2 aromatic rings. The SMILES string of the molecule is C[C@@H](c1cccs1)N(C)CC(=O)Nc1ccc(F)cc1F. The van der Waals surface area contributed by atoms with Gasteiger partial charge < -0.3 is 5.32 Å². The number of nitrogens with zero attached hydrogens (tertiary/aromatic N) is 1. The van der Waals surface area contributed by atoms with E-state index in [-0.39, 0.29) is 24.2 Å². The second-order valence-corrected chi connectivity index (χ2v) is 5.76. The molecule has 3 nitrogen and oxygen atoms in total. The highest BCUT2D eigenvalue weighted by Gasteiger charge is 2.16. The largest absolute Gasteiger partial charge is 0.322 e. The molecule has 0 saturated carbocycles. The number of likely N-dealkylation sites (N-methyl/N-ethyl adjacent to an activating group) is 1. The molecule has 1 aromatic heterocycles. The lowest BCUT2D eigenvalue weighted by Gasteiger charge is -2.23. The molecule has 0 aliphatic carbocycles. The lowest BCUT2D eigenvalue weighted by Crippen LogP contribution is -2.32. The number of amides is 1. The van der Waals surface area contributed by atoms with Gasteiger partial charge in [-0.2, -0.15) is 0 Å². The minimum absolute atomic E-state index is 0.0152. The van der Waals surface area contributed by atoms with E-state index in [0.29, 0.717) is 0 Å². The summed E-state index contributed by atoms with van der Waals surface area (Å²) in [6.07, 6.45) is 0. The normalized spacial score (nSPS) is 12.4. The van der Waals surface area contributed by atoms with Crippen LogP contribution in [0.1, 0.15) is 17.8 Å². The fourth-order valence-electron chi connectivity index (χ4n) is 1.89. The number of hydrogen-bond acceptors (Lipinski definition) is 3. The molecular weight excluding hydrogens is 294 g/mol. The summed E-state index contributed by atoms with van der Waals surface area (Å²) < 4.78 is 26.3. The van der Waals surface area contributed by atoms with E-state index in [2.05, 4.69) is 5.32 Å². The van der Waals surface area contributed by atoms with Gasteiger partial charge >= 0.3 is 0 Å². The molecule has 1 amide bonds. The zero-order valence-corrected chi connectivity index (χ0v) is 12.6. The maximum atomic E-state index is 13.5. The number of carbonyl (C=O) groups excluding carboxylic acids is 1. The van der Waals surface area contributed by atoms with Crippen LogP contribution >= 0.6 is 11.3 Å². The summed E-state index contributed by atoms with van der Waals surface area (Å²) in [5.41, 5.74) is -0.0152. The van der Waals surface area contributed by atoms with Crippen molar-refractivity contribution in [3.05, 3.63) is 52.2 Å². The van der Waals surface area contributed by atoms with Crippen molar-refractivity contribution in [3.63, 3.8) is 0 Å². The number of anilines is 1. The first-order chi connectivity index (χ1) is 9.97. The summed E-state index contributed by atoms with van der Waals surface area (Å²) >= 11 is 1.62. The first kappa shape index (κ1) is 15.6. The molecule has 2 rings (SSSR count). The second kappa shape index (κ2) is 6.78. The molecule has 21 heavy (non-hydrogen) atoms. The van der Waals surface area contributed by atoms with E-state index >= 15 is 0 Å². The van der Waals surface area contributed by atoms with E-state index in [4.69, 9.17) is 0 Å². The van der Waals surface area contributed by atoms with Crippen LogP contribution in [0.25, 0.3) is 0 Å². The molecule has 1 N–H and O–H groups in total. The summed E-state index contributed by atoms with van der Waals surface area (Å²) in [5.74, 6) is -1.79. The van der Waals surface area contributed by atoms with Gasteiger partial charge in [0.25, 0.3) is 0 Å². The highest BCUT2D eigenvalue weighted by atomic mass is 32.1. The molecule has 1 aromatic carbocycles. The van der Waals surface area contributed by atoms with Crippen molar-refractivity contribution in [3.8, 4) is 0 Å². The number of nitrogens with one attached hydrogen (secondary N) is 1. The Labute approximate surface area is 126 Å². The van der Waals surface area contributed by atoms with Crippen molar-refractivity contribution in [1.29, 1.82) is 0 Å². The standard InChI is InChI=1S/C15H16F2N2OS/c1-10(14-4-3-7-21-14)19(2)9-15(20)18-13-6-5-11(16)8-12(13)17/h3-8,10H,9H2,1-2H3,(H,18,20)/t10-/m0/s1. The molecule has 0 unspecified atom stereocenters. The van der Waals surface area contributed by atoms with Gasteiger partial charge in [-0.05, 0) is 37.6 Å². The average molecular weight is 310 g/mol. The van der Waals surface area contributed by atoms with Crippen molar-refractivity contribution < 1.29 is 13.6 Å². The lowest BCUT2D eigenvalue weighted by molar-refractivity contribution is -0.117. The van der Waals surface area contributed by atoms with E-state index < -0.39 is 11.6 Å². The molecule has 1 atom stereocenters. The average Bonchev–Trinajstić information content (AvgIpc) is 2.95. The lowest BCUT2D eigenvalue weighted by atomic mass is 10.2. The molecule has 0 radical (unpaired) electrons. The molecule has 0 bridgehead atoms. The highest BCUT2D eigenvalue weighted by Crippen LogP contribution is 2.23. The summed E-state index contributed by atoms with van der Waals surface area (Å²) in [6.45, 7) is 2.12. The van der Waals surface area contributed by atoms with Crippen LogP contribution in [0, 0.1) is 11.6 Å². The predicted octanol–water partition coefficient (Wildman–Crippen LogP) is 3.66. The molecule has 1 heterocycles. The minimum atomic E-state index is -0.780. The fraction of sp³-hybridized carbons (Fsp3) is 0.267. The Kier molecular flexibility index (Phi) is 5.03. The molecule has 0 fully saturated rings. The predicted molar refractivity (Wildman–Crippen MR) is 80.4 cm³/mol. The Morgan fingerprint density at radius 3 is 2.76 bits per heavy atom. The van der Waals surface area contributed by atoms with Gasteiger partial charge in [0.1, 0.15) is 11.6 Å². The first-order valence-electron chi connectivity index (χ1n) is 6.46. The number of thiophene rings is 1.